The Morgan fingerprint density at radius 3 is 1.80 bits per heavy atom. The molecule has 0 fully saturated rings. The number of hydrogen-bond donors (Lipinski definition) is 4. The molecule has 188 valence electrons. The highest BCUT2D eigenvalue weighted by Crippen LogP contribution is 2.01. The minimum absolute atomic E-state index is 0.0595. The number of nitrogens with one attached hydrogen (secondary N) is 4. The van der Waals surface area contributed by atoms with Crippen molar-refractivity contribution in [3.05, 3.63) is 35.4 Å². The van der Waals surface area contributed by atoms with E-state index in [1.165, 1.54) is 0 Å². The molecule has 0 bridgehead atoms. The quantitative estimate of drug-likeness (QED) is 0.0978. The van der Waals surface area contributed by atoms with E-state index in [1.807, 2.05) is 0 Å². The number of carbonyl (C=O) groups excluding carboxylic acids is 4. The van der Waals surface area contributed by atoms with Crippen LogP contribution in [0.1, 0.15) is 18.1 Å². The number of amides is 2. The maximum atomic E-state index is 11.6. The lowest BCUT2D eigenvalue weighted by Crippen LogP contribution is -2.34. The van der Waals surface area contributed by atoms with E-state index in [-0.39, 0.29) is 32.3 Å². The molecule has 0 atom stereocenters. The van der Waals surface area contributed by atoms with E-state index >= 15 is 0 Å². The van der Waals surface area contributed by atoms with Gasteiger partial charge in [-0.1, -0.05) is 23.7 Å². The van der Waals surface area contributed by atoms with Crippen LogP contribution in [0.15, 0.2) is 24.3 Å². The highest BCUT2D eigenvalue weighted by atomic mass is 16.6. The Bertz CT molecular complexity index is 927. The van der Waals surface area contributed by atoms with Crippen LogP contribution in [0.5, 0.6) is 0 Å². The molecule has 0 radical (unpaired) electrons. The molecule has 0 heterocycles. The molecule has 0 aliphatic carbocycles. The van der Waals surface area contributed by atoms with Crippen LogP contribution in [-0.2, 0) is 23.8 Å². The van der Waals surface area contributed by atoms with Crippen molar-refractivity contribution in [2.45, 2.75) is 6.92 Å². The summed E-state index contributed by atoms with van der Waals surface area (Å²) in [6.45, 7) is 3.73. The van der Waals surface area contributed by atoms with Crippen LogP contribution in [-0.4, -0.2) is 83.5 Å². The topological polar surface area (TPSA) is 144 Å². The van der Waals surface area contributed by atoms with Crippen LogP contribution in [0.3, 0.4) is 0 Å². The summed E-state index contributed by atoms with van der Waals surface area (Å²) in [5.74, 6) is 10.9. The number of esters is 1. The van der Waals surface area contributed by atoms with Gasteiger partial charge < -0.3 is 40.3 Å². The van der Waals surface area contributed by atoms with Crippen LogP contribution in [0.25, 0.3) is 0 Å². The summed E-state index contributed by atoms with van der Waals surface area (Å²) in [4.78, 5) is 44.3. The van der Waals surface area contributed by atoms with E-state index in [2.05, 4.69) is 44.9 Å². The van der Waals surface area contributed by atoms with Crippen molar-refractivity contribution in [1.82, 2.24) is 21.3 Å². The van der Waals surface area contributed by atoms with Gasteiger partial charge in [0, 0.05) is 37.3 Å². The molecule has 1 aromatic rings. The van der Waals surface area contributed by atoms with Gasteiger partial charge in [0.05, 0.1) is 19.7 Å². The normalized spacial score (nSPS) is 9.40. The number of rotatable bonds is 13. The van der Waals surface area contributed by atoms with Crippen molar-refractivity contribution in [2.75, 3.05) is 59.1 Å². The van der Waals surface area contributed by atoms with Crippen molar-refractivity contribution in [2.24, 2.45) is 0 Å². The standard InChI is InChI=1S/C24H30N4O7/c1-2-33-22(30)19-26-12-14-28-24(32)35-18-4-6-21-9-7-20(8-10-21)5-3-17-34-23(31)27-13-11-25-15-16-29/h7-10,16,25-26H,2,11-15,17-19H2,1H3,(H,27,31)(H,28,32). The molecule has 11 heteroatoms. The number of hydrogen-bond acceptors (Lipinski definition) is 9. The number of carbonyl (C=O) groups is 4. The van der Waals surface area contributed by atoms with Gasteiger partial charge >= 0.3 is 18.2 Å². The Labute approximate surface area is 204 Å². The molecule has 0 unspecified atom stereocenters. The summed E-state index contributed by atoms with van der Waals surface area (Å²) in [7, 11) is 0. The third kappa shape index (κ3) is 16.2. The molecular formula is C24H30N4O7. The van der Waals surface area contributed by atoms with Crippen LogP contribution in [0.4, 0.5) is 9.59 Å². The summed E-state index contributed by atoms with van der Waals surface area (Å²) in [6, 6.07) is 7.08. The lowest BCUT2D eigenvalue weighted by molar-refractivity contribution is -0.142. The molecule has 2 amide bonds. The Morgan fingerprint density at radius 2 is 1.31 bits per heavy atom. The zero-order valence-corrected chi connectivity index (χ0v) is 19.6. The predicted molar refractivity (Wildman–Crippen MR) is 127 cm³/mol. The molecule has 4 N–H and O–H groups in total. The van der Waals surface area contributed by atoms with Crippen molar-refractivity contribution in [1.29, 1.82) is 0 Å². The first-order valence-electron chi connectivity index (χ1n) is 10.9. The fourth-order valence-corrected chi connectivity index (χ4v) is 2.29. The second kappa shape index (κ2) is 19.4. The predicted octanol–water partition coefficient (Wildman–Crippen LogP) is -0.217. The number of ether oxygens (including phenoxy) is 3. The Hall–Kier alpha value is -4.06. The van der Waals surface area contributed by atoms with Gasteiger partial charge in [-0.25, -0.2) is 9.59 Å². The van der Waals surface area contributed by atoms with E-state index in [4.69, 9.17) is 14.2 Å². The first-order valence-corrected chi connectivity index (χ1v) is 10.9. The maximum absolute atomic E-state index is 11.6. The van der Waals surface area contributed by atoms with Gasteiger partial charge in [0.1, 0.15) is 6.29 Å². The summed E-state index contributed by atoms with van der Waals surface area (Å²) < 4.78 is 14.6. The van der Waals surface area contributed by atoms with Gasteiger partial charge in [-0.3, -0.25) is 4.79 Å². The molecule has 0 aromatic heterocycles. The molecule has 0 saturated heterocycles. The molecule has 1 aromatic carbocycles. The third-order valence-electron chi connectivity index (χ3n) is 3.85. The van der Waals surface area contributed by atoms with Gasteiger partial charge in [0.15, 0.2) is 13.2 Å². The number of aldehydes is 1. The molecule has 0 spiro atoms. The smallest absolute Gasteiger partial charge is 0.408 e. The Kier molecular flexibility index (Phi) is 16.1. The van der Waals surface area contributed by atoms with Crippen LogP contribution in [0.2, 0.25) is 0 Å². The second-order valence-corrected chi connectivity index (χ2v) is 6.54. The van der Waals surface area contributed by atoms with E-state index in [0.29, 0.717) is 32.8 Å². The first-order chi connectivity index (χ1) is 17.0. The molecule has 35 heavy (non-hydrogen) atoms. The average Bonchev–Trinajstić information content (AvgIpc) is 2.85. The fourth-order valence-electron chi connectivity index (χ4n) is 2.29. The van der Waals surface area contributed by atoms with E-state index < -0.39 is 12.2 Å². The molecule has 1 rings (SSSR count). The van der Waals surface area contributed by atoms with Gasteiger partial charge in [0.25, 0.3) is 0 Å². The Balaban J connectivity index is 2.20. The fraction of sp³-hybridized carbons (Fsp3) is 0.417. The van der Waals surface area contributed by atoms with E-state index in [0.717, 1.165) is 17.4 Å². The van der Waals surface area contributed by atoms with Crippen molar-refractivity contribution >= 4 is 24.4 Å². The van der Waals surface area contributed by atoms with Gasteiger partial charge in [-0.2, -0.15) is 0 Å². The Morgan fingerprint density at radius 1 is 0.800 bits per heavy atom. The first kappa shape index (κ1) is 29.0. The van der Waals surface area contributed by atoms with Gasteiger partial charge in [0.2, 0.25) is 0 Å². The average molecular weight is 487 g/mol. The summed E-state index contributed by atoms with van der Waals surface area (Å²) in [6.07, 6.45) is -0.448. The van der Waals surface area contributed by atoms with Crippen molar-refractivity contribution in [3.63, 3.8) is 0 Å². The van der Waals surface area contributed by atoms with E-state index in [9.17, 15) is 19.2 Å². The summed E-state index contributed by atoms with van der Waals surface area (Å²) in [5.41, 5.74) is 1.45. The monoisotopic (exact) mass is 486 g/mol. The highest BCUT2D eigenvalue weighted by Gasteiger charge is 2.02. The SMILES string of the molecule is CCOC(=O)CNCCNC(=O)OCC#Cc1ccc(C#CCOC(=O)NCCNCC=O)cc1. The van der Waals surface area contributed by atoms with Crippen LogP contribution < -0.4 is 21.3 Å². The summed E-state index contributed by atoms with van der Waals surface area (Å²) in [5, 5.41) is 10.7. The molecular weight excluding hydrogens is 456 g/mol. The third-order valence-corrected chi connectivity index (χ3v) is 3.85. The van der Waals surface area contributed by atoms with Crippen LogP contribution in [0, 0.1) is 23.7 Å². The highest BCUT2D eigenvalue weighted by molar-refractivity contribution is 5.71. The summed E-state index contributed by atoms with van der Waals surface area (Å²) >= 11 is 0. The largest absolute Gasteiger partial charge is 0.465 e. The number of alkyl carbamates (subject to hydrolysis) is 2. The molecule has 11 nitrogen and oxygen atoms in total. The zero-order valence-electron chi connectivity index (χ0n) is 19.6. The van der Waals surface area contributed by atoms with Crippen molar-refractivity contribution in [3.8, 4) is 23.7 Å². The van der Waals surface area contributed by atoms with Gasteiger partial charge in [-0.15, -0.1) is 0 Å². The maximum Gasteiger partial charge on any atom is 0.408 e. The molecule has 0 aliphatic rings. The van der Waals surface area contributed by atoms with Crippen molar-refractivity contribution < 1.29 is 33.4 Å². The molecule has 0 aliphatic heterocycles. The zero-order chi connectivity index (χ0) is 25.6. The van der Waals surface area contributed by atoms with Crippen LogP contribution >= 0.6 is 0 Å². The lowest BCUT2D eigenvalue weighted by Gasteiger charge is -2.06. The minimum atomic E-state index is -0.603. The number of benzene rings is 1. The molecule has 0 saturated carbocycles. The second-order valence-electron chi connectivity index (χ2n) is 6.54. The van der Waals surface area contributed by atoms with E-state index in [1.54, 1.807) is 31.2 Å². The minimum Gasteiger partial charge on any atom is -0.465 e. The van der Waals surface area contributed by atoms with Gasteiger partial charge in [-0.05, 0) is 31.2 Å². The lowest BCUT2D eigenvalue weighted by atomic mass is 10.1.